The van der Waals surface area contributed by atoms with Gasteiger partial charge in [0, 0.05) is 25.8 Å². The molecule has 2 aromatic rings. The largest absolute Gasteiger partial charge is 0.482 e. The summed E-state index contributed by atoms with van der Waals surface area (Å²) in [5.74, 6) is 0.219. The molecule has 0 bridgehead atoms. The average Bonchev–Trinajstić information content (AvgIpc) is 2.60. The maximum atomic E-state index is 11.8. The van der Waals surface area contributed by atoms with Crippen LogP contribution in [0.15, 0.2) is 48.5 Å². The van der Waals surface area contributed by atoms with Crippen LogP contribution in [0.25, 0.3) is 0 Å². The van der Waals surface area contributed by atoms with Crippen LogP contribution in [-0.2, 0) is 4.79 Å². The first-order valence-corrected chi connectivity index (χ1v) is 8.43. The minimum absolute atomic E-state index is 0.0887. The van der Waals surface area contributed by atoms with Gasteiger partial charge in [-0.15, -0.1) is 0 Å². The molecule has 24 heavy (non-hydrogen) atoms. The lowest BCUT2D eigenvalue weighted by molar-refractivity contribution is -0.123. The summed E-state index contributed by atoms with van der Waals surface area (Å²) >= 11 is 11.9. The molecule has 0 aromatic heterocycles. The van der Waals surface area contributed by atoms with Crippen LogP contribution in [0.5, 0.6) is 5.75 Å². The SMILES string of the molecule is CN(CCCNC(=O)COc1cccc(Cl)c1Cl)c1ccccc1. The Morgan fingerprint density at radius 3 is 2.62 bits per heavy atom. The van der Waals surface area contributed by atoms with Crippen molar-refractivity contribution in [3.05, 3.63) is 58.6 Å². The molecule has 0 heterocycles. The average molecular weight is 367 g/mol. The summed E-state index contributed by atoms with van der Waals surface area (Å²) in [6, 6.07) is 15.2. The number of ether oxygens (including phenoxy) is 1. The van der Waals surface area contributed by atoms with E-state index < -0.39 is 0 Å². The third-order valence-electron chi connectivity index (χ3n) is 3.46. The number of hydrogen-bond acceptors (Lipinski definition) is 3. The van der Waals surface area contributed by atoms with Crippen LogP contribution in [0.1, 0.15) is 6.42 Å². The fraction of sp³-hybridized carbons (Fsp3) is 0.278. The molecule has 0 aliphatic heterocycles. The summed E-state index contributed by atoms with van der Waals surface area (Å²) in [4.78, 5) is 13.9. The number of nitrogens with one attached hydrogen (secondary N) is 1. The van der Waals surface area contributed by atoms with Crippen molar-refractivity contribution in [1.29, 1.82) is 0 Å². The van der Waals surface area contributed by atoms with Crippen LogP contribution in [0.2, 0.25) is 10.0 Å². The van der Waals surface area contributed by atoms with Crippen molar-refractivity contribution in [3.8, 4) is 5.75 Å². The first-order chi connectivity index (χ1) is 11.6. The highest BCUT2D eigenvalue weighted by Crippen LogP contribution is 2.31. The Balaban J connectivity index is 1.66. The molecule has 0 radical (unpaired) electrons. The van der Waals surface area contributed by atoms with Crippen LogP contribution < -0.4 is 15.0 Å². The summed E-state index contributed by atoms with van der Waals surface area (Å²) < 4.78 is 5.39. The number of nitrogens with zero attached hydrogens (tertiary/aromatic N) is 1. The molecule has 1 amide bonds. The molecule has 2 aromatic carbocycles. The van der Waals surface area contributed by atoms with Crippen molar-refractivity contribution >= 4 is 34.8 Å². The van der Waals surface area contributed by atoms with Gasteiger partial charge in [0.2, 0.25) is 0 Å². The highest BCUT2D eigenvalue weighted by Gasteiger charge is 2.08. The van der Waals surface area contributed by atoms with Gasteiger partial charge in [0.05, 0.1) is 5.02 Å². The molecule has 0 atom stereocenters. The van der Waals surface area contributed by atoms with E-state index in [1.807, 2.05) is 25.2 Å². The van der Waals surface area contributed by atoms with E-state index in [9.17, 15) is 4.79 Å². The van der Waals surface area contributed by atoms with E-state index >= 15 is 0 Å². The lowest BCUT2D eigenvalue weighted by Crippen LogP contribution is -2.31. The molecule has 0 saturated heterocycles. The predicted octanol–water partition coefficient (Wildman–Crippen LogP) is 4.01. The highest BCUT2D eigenvalue weighted by molar-refractivity contribution is 6.42. The second kappa shape index (κ2) is 9.40. The molecule has 0 saturated carbocycles. The molecule has 4 nitrogen and oxygen atoms in total. The monoisotopic (exact) mass is 366 g/mol. The van der Waals surface area contributed by atoms with E-state index in [4.69, 9.17) is 27.9 Å². The van der Waals surface area contributed by atoms with Crippen molar-refractivity contribution in [2.24, 2.45) is 0 Å². The molecule has 128 valence electrons. The van der Waals surface area contributed by atoms with Gasteiger partial charge in [0.25, 0.3) is 5.91 Å². The van der Waals surface area contributed by atoms with E-state index in [-0.39, 0.29) is 12.5 Å². The zero-order chi connectivity index (χ0) is 17.4. The Bertz CT molecular complexity index is 665. The first kappa shape index (κ1) is 18.4. The third-order valence-corrected chi connectivity index (χ3v) is 4.27. The zero-order valence-corrected chi connectivity index (χ0v) is 15.0. The number of rotatable bonds is 8. The van der Waals surface area contributed by atoms with Crippen molar-refractivity contribution in [2.75, 3.05) is 31.6 Å². The van der Waals surface area contributed by atoms with E-state index in [0.717, 1.165) is 18.7 Å². The van der Waals surface area contributed by atoms with Gasteiger partial charge in [-0.25, -0.2) is 0 Å². The number of anilines is 1. The van der Waals surface area contributed by atoms with Crippen LogP contribution in [0, 0.1) is 0 Å². The molecule has 6 heteroatoms. The van der Waals surface area contributed by atoms with Gasteiger partial charge in [-0.2, -0.15) is 0 Å². The van der Waals surface area contributed by atoms with Crippen LogP contribution in [-0.4, -0.2) is 32.7 Å². The minimum Gasteiger partial charge on any atom is -0.482 e. The Labute approximate surface area is 152 Å². The zero-order valence-electron chi connectivity index (χ0n) is 13.5. The standard InChI is InChI=1S/C18H20Cl2N2O2/c1-22(14-7-3-2-4-8-14)12-6-11-21-17(23)13-24-16-10-5-9-15(19)18(16)20/h2-5,7-10H,6,11-13H2,1H3,(H,21,23). The van der Waals surface area contributed by atoms with E-state index in [1.165, 1.54) is 0 Å². The number of amides is 1. The predicted molar refractivity (Wildman–Crippen MR) is 99.3 cm³/mol. The first-order valence-electron chi connectivity index (χ1n) is 7.67. The number of hydrogen-bond donors (Lipinski definition) is 1. The molecular weight excluding hydrogens is 347 g/mol. The number of para-hydroxylation sites is 1. The number of benzene rings is 2. The topological polar surface area (TPSA) is 41.6 Å². The summed E-state index contributed by atoms with van der Waals surface area (Å²) in [7, 11) is 2.03. The number of halogens is 2. The van der Waals surface area contributed by atoms with Gasteiger partial charge in [-0.1, -0.05) is 47.5 Å². The second-order valence-electron chi connectivity index (χ2n) is 5.30. The van der Waals surface area contributed by atoms with Gasteiger partial charge in [0.1, 0.15) is 10.8 Å². The highest BCUT2D eigenvalue weighted by atomic mass is 35.5. The summed E-state index contributed by atoms with van der Waals surface area (Å²) in [6.45, 7) is 1.35. The van der Waals surface area contributed by atoms with Gasteiger partial charge in [-0.05, 0) is 30.7 Å². The summed E-state index contributed by atoms with van der Waals surface area (Å²) in [6.07, 6.45) is 0.842. The third kappa shape index (κ3) is 5.62. The summed E-state index contributed by atoms with van der Waals surface area (Å²) in [5, 5.41) is 3.54. The molecular formula is C18H20Cl2N2O2. The molecule has 0 spiro atoms. The minimum atomic E-state index is -0.187. The van der Waals surface area contributed by atoms with E-state index in [0.29, 0.717) is 22.3 Å². The Morgan fingerprint density at radius 2 is 1.88 bits per heavy atom. The smallest absolute Gasteiger partial charge is 0.257 e. The van der Waals surface area contributed by atoms with Crippen LogP contribution >= 0.6 is 23.2 Å². The second-order valence-corrected chi connectivity index (χ2v) is 6.09. The lowest BCUT2D eigenvalue weighted by atomic mass is 10.3. The van der Waals surface area contributed by atoms with Crippen molar-refractivity contribution in [3.63, 3.8) is 0 Å². The fourth-order valence-corrected chi connectivity index (χ4v) is 2.49. The molecule has 0 aliphatic carbocycles. The normalized spacial score (nSPS) is 10.3. The molecule has 0 unspecified atom stereocenters. The Hall–Kier alpha value is -1.91. The van der Waals surface area contributed by atoms with Gasteiger partial charge in [0.15, 0.2) is 6.61 Å². The van der Waals surface area contributed by atoms with Crippen molar-refractivity contribution < 1.29 is 9.53 Å². The van der Waals surface area contributed by atoms with Crippen molar-refractivity contribution in [1.82, 2.24) is 5.32 Å². The maximum Gasteiger partial charge on any atom is 0.257 e. The molecule has 2 rings (SSSR count). The van der Waals surface area contributed by atoms with E-state index in [2.05, 4.69) is 22.3 Å². The maximum absolute atomic E-state index is 11.8. The van der Waals surface area contributed by atoms with Crippen LogP contribution in [0.3, 0.4) is 0 Å². The van der Waals surface area contributed by atoms with Crippen molar-refractivity contribution in [2.45, 2.75) is 6.42 Å². The number of carbonyl (C=O) groups is 1. The molecule has 1 N–H and O–H groups in total. The van der Waals surface area contributed by atoms with Gasteiger partial charge < -0.3 is 15.0 Å². The fourth-order valence-electron chi connectivity index (χ4n) is 2.15. The summed E-state index contributed by atoms with van der Waals surface area (Å²) in [5.41, 5.74) is 1.16. The van der Waals surface area contributed by atoms with E-state index in [1.54, 1.807) is 18.2 Å². The van der Waals surface area contributed by atoms with Gasteiger partial charge in [-0.3, -0.25) is 4.79 Å². The lowest BCUT2D eigenvalue weighted by Gasteiger charge is -2.19. The van der Waals surface area contributed by atoms with Crippen LogP contribution in [0.4, 0.5) is 5.69 Å². The van der Waals surface area contributed by atoms with Gasteiger partial charge >= 0.3 is 0 Å². The molecule has 0 fully saturated rings. The number of carbonyl (C=O) groups excluding carboxylic acids is 1. The molecule has 0 aliphatic rings. The quantitative estimate of drug-likeness (QED) is 0.717. The Kier molecular flexibility index (Phi) is 7.22. The Morgan fingerprint density at radius 1 is 1.12 bits per heavy atom.